The maximum atomic E-state index is 13.2. The minimum Gasteiger partial charge on any atom is -0.493 e. The number of nitrogens with zero attached hydrogens (tertiary/aromatic N) is 3. The average Bonchev–Trinajstić information content (AvgIpc) is 2.82. The lowest BCUT2D eigenvalue weighted by atomic mass is 10.1. The van der Waals surface area contributed by atoms with E-state index in [1.54, 1.807) is 16.3 Å². The molecule has 4 rings (SSSR count). The zero-order valence-electron chi connectivity index (χ0n) is 15.3. The summed E-state index contributed by atoms with van der Waals surface area (Å²) in [5.41, 5.74) is 2.42. The van der Waals surface area contributed by atoms with Gasteiger partial charge in [-0.1, -0.05) is 6.07 Å². The Kier molecular flexibility index (Phi) is 4.61. The summed E-state index contributed by atoms with van der Waals surface area (Å²) in [4.78, 5) is 0. The third-order valence-electron chi connectivity index (χ3n) is 4.74. The summed E-state index contributed by atoms with van der Waals surface area (Å²) in [5, 5.41) is 19.3. The number of azo groups is 1. The fourth-order valence-electron chi connectivity index (χ4n) is 3.42. The van der Waals surface area contributed by atoms with E-state index in [0.29, 0.717) is 11.2 Å². The highest BCUT2D eigenvalue weighted by Crippen LogP contribution is 2.46. The van der Waals surface area contributed by atoms with E-state index in [1.807, 2.05) is 32.0 Å². The molecule has 0 amide bonds. The van der Waals surface area contributed by atoms with Crippen LogP contribution < -0.4 is 0 Å². The highest BCUT2D eigenvalue weighted by Gasteiger charge is 2.33. The van der Waals surface area contributed by atoms with Crippen molar-refractivity contribution in [2.24, 2.45) is 10.2 Å². The van der Waals surface area contributed by atoms with Gasteiger partial charge in [0.2, 0.25) is 5.88 Å². The Morgan fingerprint density at radius 3 is 2.29 bits per heavy atom. The molecule has 28 heavy (non-hydrogen) atoms. The quantitative estimate of drug-likeness (QED) is 0.494. The lowest BCUT2D eigenvalue weighted by molar-refractivity contribution is -0.137. The number of aromatic hydroxyl groups is 1. The summed E-state index contributed by atoms with van der Waals surface area (Å²) in [6, 6.07) is 9.16. The van der Waals surface area contributed by atoms with Gasteiger partial charge in [-0.3, -0.25) is 0 Å². The summed E-state index contributed by atoms with van der Waals surface area (Å²) in [7, 11) is 0. The van der Waals surface area contributed by atoms with Gasteiger partial charge >= 0.3 is 6.18 Å². The Labute approximate surface area is 164 Å². The Balaban J connectivity index is 1.87. The summed E-state index contributed by atoms with van der Waals surface area (Å²) in [6.45, 7) is 3.86. The fraction of sp³-hybridized carbons (Fsp3) is 0.300. The molecule has 146 valence electrons. The average molecular weight is 405 g/mol. The first kappa shape index (κ1) is 18.9. The summed E-state index contributed by atoms with van der Waals surface area (Å²) in [6.07, 6.45) is -4.47. The van der Waals surface area contributed by atoms with Gasteiger partial charge in [-0.15, -0.1) is 5.11 Å². The van der Waals surface area contributed by atoms with Crippen molar-refractivity contribution in [2.45, 2.75) is 26.1 Å². The largest absolute Gasteiger partial charge is 0.493 e. The molecule has 0 atom stereocenters. The van der Waals surface area contributed by atoms with E-state index in [0.717, 1.165) is 34.8 Å². The van der Waals surface area contributed by atoms with Gasteiger partial charge in [-0.2, -0.15) is 30.0 Å². The van der Waals surface area contributed by atoms with Crippen LogP contribution in [-0.2, 0) is 6.18 Å². The van der Waals surface area contributed by atoms with Gasteiger partial charge in [0.25, 0.3) is 0 Å². The second-order valence-corrected chi connectivity index (χ2v) is 8.08. The molecule has 0 saturated carbocycles. The highest BCUT2D eigenvalue weighted by atomic mass is 32.2. The molecule has 3 aromatic rings. The van der Waals surface area contributed by atoms with Crippen LogP contribution in [0.3, 0.4) is 0 Å². The van der Waals surface area contributed by atoms with E-state index in [1.165, 1.54) is 6.07 Å². The van der Waals surface area contributed by atoms with Gasteiger partial charge in [0, 0.05) is 16.9 Å². The van der Waals surface area contributed by atoms with Crippen molar-refractivity contribution in [3.05, 3.63) is 53.1 Å². The maximum absolute atomic E-state index is 13.2. The van der Waals surface area contributed by atoms with Crippen LogP contribution in [0.4, 0.5) is 24.5 Å². The second kappa shape index (κ2) is 6.84. The first-order valence-electron chi connectivity index (χ1n) is 8.76. The van der Waals surface area contributed by atoms with Gasteiger partial charge in [0.05, 0.1) is 22.8 Å². The number of alkyl halides is 3. The monoisotopic (exact) mass is 405 g/mol. The Bertz CT molecular complexity index is 1060. The molecule has 0 bridgehead atoms. The molecule has 1 aliphatic heterocycles. The molecule has 0 aliphatic carbocycles. The van der Waals surface area contributed by atoms with E-state index in [4.69, 9.17) is 0 Å². The minimum absolute atomic E-state index is 0.0365. The normalized spacial score (nSPS) is 15.5. The van der Waals surface area contributed by atoms with Crippen LogP contribution in [0.1, 0.15) is 22.7 Å². The van der Waals surface area contributed by atoms with E-state index in [-0.39, 0.29) is 23.0 Å². The third-order valence-corrected chi connectivity index (χ3v) is 5.98. The Hall–Kier alpha value is -2.48. The van der Waals surface area contributed by atoms with Crippen LogP contribution in [-0.4, -0.2) is 21.2 Å². The molecular formula is C20H18F3N3OS. The van der Waals surface area contributed by atoms with Crippen molar-refractivity contribution < 1.29 is 18.3 Å². The van der Waals surface area contributed by atoms with Crippen LogP contribution in [0.25, 0.3) is 10.9 Å². The number of aromatic nitrogens is 1. The Morgan fingerprint density at radius 2 is 1.71 bits per heavy atom. The lowest BCUT2D eigenvalue weighted by Crippen LogP contribution is -2.22. The maximum Gasteiger partial charge on any atom is 0.416 e. The van der Waals surface area contributed by atoms with Crippen LogP contribution >= 0.6 is 11.8 Å². The number of hydrogen-bond donors (Lipinski definition) is 1. The molecule has 1 N–H and O–H groups in total. The summed E-state index contributed by atoms with van der Waals surface area (Å²) < 4.78 is 41.3. The van der Waals surface area contributed by atoms with Crippen molar-refractivity contribution in [3.8, 4) is 5.88 Å². The molecule has 1 saturated heterocycles. The van der Waals surface area contributed by atoms with Gasteiger partial charge in [-0.25, -0.2) is 0 Å². The summed E-state index contributed by atoms with van der Waals surface area (Å²) >= 11 is 1.72. The fourth-order valence-corrected chi connectivity index (χ4v) is 4.16. The van der Waals surface area contributed by atoms with Crippen molar-refractivity contribution >= 4 is 34.0 Å². The number of thioether (sulfide) groups is 1. The molecule has 0 unspecified atom stereocenters. The number of fused-ring (bicyclic) bond motifs is 1. The highest BCUT2D eigenvalue weighted by molar-refractivity contribution is 8.00. The predicted octanol–water partition coefficient (Wildman–Crippen LogP) is 6.69. The van der Waals surface area contributed by atoms with E-state index >= 15 is 0 Å². The first-order valence-corrected chi connectivity index (χ1v) is 9.91. The first-order chi connectivity index (χ1) is 13.2. The molecule has 1 aromatic heterocycles. The number of aryl methyl sites for hydroxylation is 2. The van der Waals surface area contributed by atoms with Gasteiger partial charge < -0.3 is 9.67 Å². The number of halogens is 3. The van der Waals surface area contributed by atoms with Crippen LogP contribution in [0.2, 0.25) is 0 Å². The molecule has 8 heteroatoms. The smallest absolute Gasteiger partial charge is 0.416 e. The van der Waals surface area contributed by atoms with E-state index in [9.17, 15) is 18.3 Å². The predicted molar refractivity (Wildman–Crippen MR) is 105 cm³/mol. The third kappa shape index (κ3) is 3.37. The topological polar surface area (TPSA) is 49.9 Å². The number of rotatable bonds is 3. The van der Waals surface area contributed by atoms with Gasteiger partial charge in [0.15, 0.2) is 5.69 Å². The molecular weight excluding hydrogens is 387 g/mol. The zero-order valence-corrected chi connectivity index (χ0v) is 16.1. The van der Waals surface area contributed by atoms with Crippen molar-refractivity contribution in [2.75, 3.05) is 11.5 Å². The van der Waals surface area contributed by atoms with Crippen molar-refractivity contribution in [1.82, 2.24) is 4.57 Å². The molecule has 4 nitrogen and oxygen atoms in total. The summed E-state index contributed by atoms with van der Waals surface area (Å²) in [5.74, 6) is 1.45. The molecule has 1 aliphatic rings. The van der Waals surface area contributed by atoms with Crippen LogP contribution in [0.15, 0.2) is 46.6 Å². The number of hydrogen-bond acceptors (Lipinski definition) is 4. The number of benzene rings is 2. The molecule has 2 heterocycles. The SMILES string of the molecule is Cc1cc(C)cc(N=Nc2c(O)n(C3CSC3)c3ccc(C(F)(F)F)cc23)c1. The van der Waals surface area contributed by atoms with Crippen LogP contribution in [0, 0.1) is 13.8 Å². The second-order valence-electron chi connectivity index (χ2n) is 7.01. The van der Waals surface area contributed by atoms with E-state index < -0.39 is 11.7 Å². The van der Waals surface area contributed by atoms with Crippen molar-refractivity contribution in [3.63, 3.8) is 0 Å². The lowest BCUT2D eigenvalue weighted by Gasteiger charge is -2.27. The zero-order chi connectivity index (χ0) is 20.1. The van der Waals surface area contributed by atoms with Crippen LogP contribution in [0.5, 0.6) is 5.88 Å². The molecule has 0 spiro atoms. The molecule has 2 aromatic carbocycles. The van der Waals surface area contributed by atoms with Gasteiger partial charge in [0.1, 0.15) is 0 Å². The van der Waals surface area contributed by atoms with Crippen molar-refractivity contribution in [1.29, 1.82) is 0 Å². The Morgan fingerprint density at radius 1 is 1.04 bits per heavy atom. The van der Waals surface area contributed by atoms with E-state index in [2.05, 4.69) is 10.2 Å². The minimum atomic E-state index is -4.47. The molecule has 1 fully saturated rings. The van der Waals surface area contributed by atoms with Gasteiger partial charge in [-0.05, 0) is 55.3 Å². The standard InChI is InChI=1S/C20H18F3N3OS/c1-11-5-12(2)7-14(6-11)24-25-18-16-8-13(20(21,22)23)3-4-17(16)26(19(18)27)15-9-28-10-15/h3-8,15,27H,9-10H2,1-2H3. The molecule has 0 radical (unpaired) electrons.